The van der Waals surface area contributed by atoms with E-state index in [1.165, 1.54) is 22.8 Å². The predicted molar refractivity (Wildman–Crippen MR) is 54.1 cm³/mol. The smallest absolute Gasteiger partial charge is 0.199 e. The Morgan fingerprint density at radius 3 is 2.25 bits per heavy atom. The second-order valence-electron chi connectivity index (χ2n) is 3.09. The summed E-state index contributed by atoms with van der Waals surface area (Å²) in [5.41, 5.74) is -0.533. The topological polar surface area (TPSA) is 17.1 Å². The van der Waals surface area contributed by atoms with Crippen LogP contribution in [0, 0.1) is 17.5 Å². The Morgan fingerprint density at radius 1 is 1.12 bits per heavy atom. The molecule has 0 aliphatic carbocycles. The lowest BCUT2D eigenvalue weighted by atomic mass is 10.0. The van der Waals surface area contributed by atoms with Crippen LogP contribution >= 0.6 is 11.3 Å². The second kappa shape index (κ2) is 4.09. The Bertz CT molecular complexity index is 511. The van der Waals surface area contributed by atoms with Crippen LogP contribution in [0.2, 0.25) is 0 Å². The first-order valence-corrected chi connectivity index (χ1v) is 5.25. The Morgan fingerprint density at radius 2 is 1.75 bits per heavy atom. The maximum atomic E-state index is 13.3. The van der Waals surface area contributed by atoms with Crippen LogP contribution in [0.25, 0.3) is 0 Å². The van der Waals surface area contributed by atoms with Gasteiger partial charge in [-0.15, -0.1) is 0 Å². The van der Waals surface area contributed by atoms with Gasteiger partial charge in [-0.1, -0.05) is 0 Å². The molecule has 0 saturated heterocycles. The highest BCUT2D eigenvalue weighted by Gasteiger charge is 2.20. The van der Waals surface area contributed by atoms with Crippen LogP contribution in [0.4, 0.5) is 13.2 Å². The number of hydrogen-bond acceptors (Lipinski definition) is 2. The summed E-state index contributed by atoms with van der Waals surface area (Å²) in [5.74, 6) is -4.20. The molecule has 0 N–H and O–H groups in total. The first-order chi connectivity index (χ1) is 7.59. The summed E-state index contributed by atoms with van der Waals surface area (Å²) in [7, 11) is 0. The molecule has 82 valence electrons. The maximum Gasteiger partial charge on any atom is 0.199 e. The van der Waals surface area contributed by atoms with E-state index in [2.05, 4.69) is 0 Å². The zero-order valence-electron chi connectivity index (χ0n) is 7.84. The van der Waals surface area contributed by atoms with E-state index in [4.69, 9.17) is 0 Å². The molecule has 1 nitrogen and oxygen atoms in total. The van der Waals surface area contributed by atoms with E-state index in [9.17, 15) is 18.0 Å². The highest BCUT2D eigenvalue weighted by molar-refractivity contribution is 7.08. The molecule has 0 amide bonds. The van der Waals surface area contributed by atoms with Crippen molar-refractivity contribution in [3.63, 3.8) is 0 Å². The van der Waals surface area contributed by atoms with Crippen LogP contribution in [0.15, 0.2) is 29.0 Å². The molecule has 0 aliphatic rings. The molecule has 5 heteroatoms. The summed E-state index contributed by atoms with van der Waals surface area (Å²) < 4.78 is 39.1. The summed E-state index contributed by atoms with van der Waals surface area (Å²) in [6.07, 6.45) is 0. The lowest BCUT2D eigenvalue weighted by Crippen LogP contribution is -2.07. The van der Waals surface area contributed by atoms with Crippen LogP contribution in [-0.2, 0) is 0 Å². The molecule has 0 fully saturated rings. The van der Waals surface area contributed by atoms with Gasteiger partial charge in [0.05, 0.1) is 5.56 Å². The summed E-state index contributed by atoms with van der Waals surface area (Å²) >= 11 is 1.24. The standard InChI is InChI=1S/C11H5F3OS/c12-7-3-8(13)10(9(14)4-7)11(15)6-1-2-16-5-6/h1-5H. The van der Waals surface area contributed by atoms with Gasteiger partial charge in [-0.25, -0.2) is 13.2 Å². The molecule has 0 aliphatic heterocycles. The van der Waals surface area contributed by atoms with Crippen molar-refractivity contribution in [2.75, 3.05) is 0 Å². The average Bonchev–Trinajstić information content (AvgIpc) is 2.67. The van der Waals surface area contributed by atoms with Gasteiger partial charge >= 0.3 is 0 Å². The van der Waals surface area contributed by atoms with E-state index >= 15 is 0 Å². The average molecular weight is 242 g/mol. The summed E-state index contributed by atoms with van der Waals surface area (Å²) in [6.45, 7) is 0. The molecule has 0 saturated carbocycles. The molecule has 1 heterocycles. The van der Waals surface area contributed by atoms with Gasteiger partial charge < -0.3 is 0 Å². The first-order valence-electron chi connectivity index (χ1n) is 4.31. The number of carbonyl (C=O) groups excluding carboxylic acids is 1. The van der Waals surface area contributed by atoms with Crippen LogP contribution < -0.4 is 0 Å². The third-order valence-electron chi connectivity index (χ3n) is 2.02. The molecule has 0 bridgehead atoms. The lowest BCUT2D eigenvalue weighted by Gasteiger charge is -2.02. The number of ketones is 1. The molecule has 2 aromatic rings. The van der Waals surface area contributed by atoms with E-state index < -0.39 is 28.8 Å². The Balaban J connectivity index is 2.53. The summed E-state index contributed by atoms with van der Waals surface area (Å²) in [4.78, 5) is 11.7. The maximum absolute atomic E-state index is 13.3. The van der Waals surface area contributed by atoms with Gasteiger partial charge in [-0.2, -0.15) is 11.3 Å². The monoisotopic (exact) mass is 242 g/mol. The highest BCUT2D eigenvalue weighted by Crippen LogP contribution is 2.19. The van der Waals surface area contributed by atoms with Gasteiger partial charge in [0.25, 0.3) is 0 Å². The lowest BCUT2D eigenvalue weighted by molar-refractivity contribution is 0.103. The van der Waals surface area contributed by atoms with Crippen LogP contribution in [0.1, 0.15) is 15.9 Å². The predicted octanol–water partition coefficient (Wildman–Crippen LogP) is 3.40. The third-order valence-corrected chi connectivity index (χ3v) is 2.70. The van der Waals surface area contributed by atoms with E-state index in [1.807, 2.05) is 0 Å². The number of halogens is 3. The Hall–Kier alpha value is -1.62. The minimum absolute atomic E-state index is 0.189. The fraction of sp³-hybridized carbons (Fsp3) is 0. The van der Waals surface area contributed by atoms with Gasteiger partial charge in [0.2, 0.25) is 0 Å². The first kappa shape index (κ1) is 10.9. The van der Waals surface area contributed by atoms with Crippen LogP contribution in [0.5, 0.6) is 0 Å². The van der Waals surface area contributed by atoms with Gasteiger partial charge in [0.15, 0.2) is 5.78 Å². The SMILES string of the molecule is O=C(c1ccsc1)c1c(F)cc(F)cc1F. The molecule has 16 heavy (non-hydrogen) atoms. The molecular formula is C11H5F3OS. The molecule has 0 spiro atoms. The zero-order valence-corrected chi connectivity index (χ0v) is 8.65. The van der Waals surface area contributed by atoms with Crippen molar-refractivity contribution in [1.29, 1.82) is 0 Å². The van der Waals surface area contributed by atoms with Gasteiger partial charge in [0.1, 0.15) is 17.5 Å². The van der Waals surface area contributed by atoms with Crippen molar-refractivity contribution in [1.82, 2.24) is 0 Å². The van der Waals surface area contributed by atoms with Crippen molar-refractivity contribution in [2.45, 2.75) is 0 Å². The molecule has 1 aromatic heterocycles. The minimum atomic E-state index is -1.19. The number of rotatable bonds is 2. The van der Waals surface area contributed by atoms with E-state index in [0.29, 0.717) is 12.1 Å². The number of benzene rings is 1. The Labute approximate surface area is 93.2 Å². The minimum Gasteiger partial charge on any atom is -0.288 e. The quantitative estimate of drug-likeness (QED) is 0.738. The highest BCUT2D eigenvalue weighted by atomic mass is 32.1. The third kappa shape index (κ3) is 1.86. The second-order valence-corrected chi connectivity index (χ2v) is 3.87. The zero-order chi connectivity index (χ0) is 11.7. The number of hydrogen-bond donors (Lipinski definition) is 0. The van der Waals surface area contributed by atoms with E-state index in [1.54, 1.807) is 5.38 Å². The molecular weight excluding hydrogens is 237 g/mol. The molecule has 0 radical (unpaired) electrons. The van der Waals surface area contributed by atoms with Crippen LogP contribution in [0.3, 0.4) is 0 Å². The summed E-state index contributed by atoms with van der Waals surface area (Å²) in [6, 6.07) is 2.43. The summed E-state index contributed by atoms with van der Waals surface area (Å²) in [5, 5.41) is 3.09. The van der Waals surface area contributed by atoms with Gasteiger partial charge in [-0.3, -0.25) is 4.79 Å². The molecule has 1 aromatic carbocycles. The van der Waals surface area contributed by atoms with Crippen molar-refractivity contribution in [3.8, 4) is 0 Å². The fourth-order valence-corrected chi connectivity index (χ4v) is 1.93. The van der Waals surface area contributed by atoms with Crippen molar-refractivity contribution in [2.24, 2.45) is 0 Å². The van der Waals surface area contributed by atoms with Crippen LogP contribution in [-0.4, -0.2) is 5.78 Å². The fourth-order valence-electron chi connectivity index (χ4n) is 1.30. The molecule has 0 unspecified atom stereocenters. The molecule has 2 rings (SSSR count). The number of carbonyl (C=O) groups is 1. The normalized spacial score (nSPS) is 10.4. The van der Waals surface area contributed by atoms with E-state index in [0.717, 1.165) is 0 Å². The van der Waals surface area contributed by atoms with Crippen molar-refractivity contribution < 1.29 is 18.0 Å². The van der Waals surface area contributed by atoms with Gasteiger partial charge in [0, 0.05) is 23.1 Å². The van der Waals surface area contributed by atoms with Crippen molar-refractivity contribution >= 4 is 17.1 Å². The Kier molecular flexibility index (Phi) is 2.78. The number of thiophene rings is 1. The molecule has 0 atom stereocenters. The van der Waals surface area contributed by atoms with Gasteiger partial charge in [-0.05, 0) is 11.4 Å². The largest absolute Gasteiger partial charge is 0.288 e. The van der Waals surface area contributed by atoms with E-state index in [-0.39, 0.29) is 5.56 Å². The van der Waals surface area contributed by atoms with Crippen molar-refractivity contribution in [3.05, 3.63) is 57.5 Å².